The van der Waals surface area contributed by atoms with Crippen molar-refractivity contribution in [3.8, 4) is 0 Å². The summed E-state index contributed by atoms with van der Waals surface area (Å²) in [7, 11) is 0. The van der Waals surface area contributed by atoms with Gasteiger partial charge in [-0.3, -0.25) is 0 Å². The molecule has 0 aliphatic heterocycles. The summed E-state index contributed by atoms with van der Waals surface area (Å²) in [5.74, 6) is 1.67. The van der Waals surface area contributed by atoms with E-state index in [4.69, 9.17) is 23.2 Å². The van der Waals surface area contributed by atoms with Gasteiger partial charge in [0.05, 0.1) is 6.54 Å². The van der Waals surface area contributed by atoms with Crippen molar-refractivity contribution in [1.82, 2.24) is 10.6 Å². The molecule has 3 nitrogen and oxygen atoms in total. The molecular weight excluding hydrogens is 408 g/mol. The van der Waals surface area contributed by atoms with Crippen LogP contribution in [0.4, 0.5) is 0 Å². The van der Waals surface area contributed by atoms with Crippen LogP contribution in [0, 0.1) is 5.92 Å². The molecule has 1 aliphatic rings. The minimum atomic E-state index is 0. The largest absolute Gasteiger partial charge is 0.357 e. The van der Waals surface area contributed by atoms with E-state index in [1.807, 2.05) is 12.1 Å². The fourth-order valence-electron chi connectivity index (χ4n) is 1.72. The number of halogens is 3. The molecule has 0 aromatic heterocycles. The lowest BCUT2D eigenvalue weighted by Crippen LogP contribution is -2.38. The van der Waals surface area contributed by atoms with Crippen LogP contribution in [0.5, 0.6) is 0 Å². The maximum absolute atomic E-state index is 6.13. The molecule has 2 rings (SSSR count). The van der Waals surface area contributed by atoms with Gasteiger partial charge in [-0.25, -0.2) is 4.99 Å². The summed E-state index contributed by atoms with van der Waals surface area (Å²) in [6.45, 7) is 4.46. The Morgan fingerprint density at radius 1 is 1.30 bits per heavy atom. The highest BCUT2D eigenvalue weighted by molar-refractivity contribution is 14.0. The Bertz CT molecular complexity index is 462. The fourth-order valence-corrected chi connectivity index (χ4v) is 2.19. The second-order valence-corrected chi connectivity index (χ2v) is 5.60. The van der Waals surface area contributed by atoms with Crippen molar-refractivity contribution in [2.75, 3.05) is 13.1 Å². The third kappa shape index (κ3) is 6.06. The highest BCUT2D eigenvalue weighted by Gasteiger charge is 2.21. The number of aliphatic imine (C=N–C) groups is 1. The number of nitrogens with one attached hydrogen (secondary N) is 2. The standard InChI is InChI=1S/C14H19Cl2N3.HI/c1-2-17-14(18-8-10-3-4-10)19-9-11-5-6-12(15)7-13(11)16;/h5-7,10H,2-4,8-9H2,1H3,(H2,17,18,19);1H. The van der Waals surface area contributed by atoms with Gasteiger partial charge in [-0.05, 0) is 43.4 Å². The average Bonchev–Trinajstić information content (AvgIpc) is 3.18. The number of rotatable bonds is 5. The van der Waals surface area contributed by atoms with E-state index in [9.17, 15) is 0 Å². The SMILES string of the molecule is CCNC(=NCc1ccc(Cl)cc1Cl)NCC1CC1.I. The van der Waals surface area contributed by atoms with Gasteiger partial charge in [-0.15, -0.1) is 24.0 Å². The normalized spacial score (nSPS) is 14.7. The van der Waals surface area contributed by atoms with Crippen LogP contribution >= 0.6 is 47.2 Å². The van der Waals surface area contributed by atoms with Crippen molar-refractivity contribution in [2.45, 2.75) is 26.3 Å². The number of hydrogen-bond donors (Lipinski definition) is 2. The van der Waals surface area contributed by atoms with Crippen molar-refractivity contribution in [2.24, 2.45) is 10.9 Å². The molecule has 0 heterocycles. The minimum Gasteiger partial charge on any atom is -0.357 e. The van der Waals surface area contributed by atoms with E-state index in [0.29, 0.717) is 16.6 Å². The summed E-state index contributed by atoms with van der Waals surface area (Å²) < 4.78 is 0. The zero-order valence-corrected chi connectivity index (χ0v) is 15.3. The third-order valence-electron chi connectivity index (χ3n) is 3.02. The molecule has 0 amide bonds. The lowest BCUT2D eigenvalue weighted by molar-refractivity contribution is 0.739. The number of hydrogen-bond acceptors (Lipinski definition) is 1. The van der Waals surface area contributed by atoms with Gasteiger partial charge in [-0.2, -0.15) is 0 Å². The summed E-state index contributed by atoms with van der Waals surface area (Å²) in [6, 6.07) is 5.50. The molecule has 1 fully saturated rings. The van der Waals surface area contributed by atoms with Crippen molar-refractivity contribution < 1.29 is 0 Å². The molecule has 6 heteroatoms. The van der Waals surface area contributed by atoms with Crippen LogP contribution in [0.3, 0.4) is 0 Å². The number of benzene rings is 1. The monoisotopic (exact) mass is 427 g/mol. The zero-order valence-electron chi connectivity index (χ0n) is 11.5. The van der Waals surface area contributed by atoms with Gasteiger partial charge in [0.15, 0.2) is 5.96 Å². The Morgan fingerprint density at radius 3 is 2.65 bits per heavy atom. The van der Waals surface area contributed by atoms with E-state index in [1.165, 1.54) is 12.8 Å². The van der Waals surface area contributed by atoms with Crippen molar-refractivity contribution >= 4 is 53.1 Å². The van der Waals surface area contributed by atoms with Crippen molar-refractivity contribution in [3.05, 3.63) is 33.8 Å². The summed E-state index contributed by atoms with van der Waals surface area (Å²) in [5, 5.41) is 7.90. The Labute approximate surface area is 147 Å². The van der Waals surface area contributed by atoms with Gasteiger partial charge < -0.3 is 10.6 Å². The van der Waals surface area contributed by atoms with Crippen molar-refractivity contribution in [3.63, 3.8) is 0 Å². The van der Waals surface area contributed by atoms with E-state index in [-0.39, 0.29) is 24.0 Å². The average molecular weight is 428 g/mol. The van der Waals surface area contributed by atoms with Crippen LogP contribution in [0.1, 0.15) is 25.3 Å². The van der Waals surface area contributed by atoms with Crippen LogP contribution in [0.15, 0.2) is 23.2 Å². The predicted molar refractivity (Wildman–Crippen MR) is 97.4 cm³/mol. The van der Waals surface area contributed by atoms with Gasteiger partial charge in [0.25, 0.3) is 0 Å². The van der Waals surface area contributed by atoms with Crippen LogP contribution in [0.2, 0.25) is 10.0 Å². The van der Waals surface area contributed by atoms with E-state index in [1.54, 1.807) is 6.07 Å². The first kappa shape index (κ1) is 17.9. The van der Waals surface area contributed by atoms with E-state index in [0.717, 1.165) is 30.5 Å². The second kappa shape index (κ2) is 8.95. The summed E-state index contributed by atoms with van der Waals surface area (Å²) >= 11 is 12.0. The van der Waals surface area contributed by atoms with Crippen molar-refractivity contribution in [1.29, 1.82) is 0 Å². The zero-order chi connectivity index (χ0) is 13.7. The van der Waals surface area contributed by atoms with E-state index < -0.39 is 0 Å². The smallest absolute Gasteiger partial charge is 0.191 e. The molecule has 112 valence electrons. The first-order valence-electron chi connectivity index (χ1n) is 6.65. The molecule has 0 unspecified atom stereocenters. The molecule has 1 aliphatic carbocycles. The molecule has 0 saturated heterocycles. The van der Waals surface area contributed by atoms with Crippen LogP contribution in [0.25, 0.3) is 0 Å². The highest BCUT2D eigenvalue weighted by atomic mass is 127. The molecule has 20 heavy (non-hydrogen) atoms. The Hall–Kier alpha value is -0.200. The van der Waals surface area contributed by atoms with E-state index in [2.05, 4.69) is 22.5 Å². The van der Waals surface area contributed by atoms with Gasteiger partial charge >= 0.3 is 0 Å². The quantitative estimate of drug-likeness (QED) is 0.422. The topological polar surface area (TPSA) is 36.4 Å². The maximum Gasteiger partial charge on any atom is 0.191 e. The molecule has 2 N–H and O–H groups in total. The minimum absolute atomic E-state index is 0. The first-order chi connectivity index (χ1) is 9.19. The molecule has 1 saturated carbocycles. The van der Waals surface area contributed by atoms with Gasteiger partial charge in [0.2, 0.25) is 0 Å². The number of guanidine groups is 1. The number of nitrogens with zero attached hydrogens (tertiary/aromatic N) is 1. The van der Waals surface area contributed by atoms with Gasteiger partial charge in [0.1, 0.15) is 0 Å². The molecule has 1 aromatic carbocycles. The first-order valence-corrected chi connectivity index (χ1v) is 7.40. The maximum atomic E-state index is 6.13. The lowest BCUT2D eigenvalue weighted by atomic mass is 10.2. The molecular formula is C14H20Cl2IN3. The summed E-state index contributed by atoms with van der Waals surface area (Å²) in [5.41, 5.74) is 0.981. The predicted octanol–water partition coefficient (Wildman–Crippen LogP) is 4.08. The second-order valence-electron chi connectivity index (χ2n) is 4.76. The summed E-state index contributed by atoms with van der Waals surface area (Å²) in [6.07, 6.45) is 2.66. The molecule has 0 radical (unpaired) electrons. The Kier molecular flexibility index (Phi) is 7.99. The highest BCUT2D eigenvalue weighted by Crippen LogP contribution is 2.27. The van der Waals surface area contributed by atoms with Gasteiger partial charge in [-0.1, -0.05) is 29.3 Å². The summed E-state index contributed by atoms with van der Waals surface area (Å²) in [4.78, 5) is 4.54. The molecule has 0 spiro atoms. The van der Waals surface area contributed by atoms with Crippen LogP contribution in [-0.4, -0.2) is 19.0 Å². The third-order valence-corrected chi connectivity index (χ3v) is 3.61. The molecule has 0 bridgehead atoms. The van der Waals surface area contributed by atoms with Crippen LogP contribution < -0.4 is 10.6 Å². The van der Waals surface area contributed by atoms with Gasteiger partial charge in [0, 0.05) is 23.1 Å². The Balaban J connectivity index is 0.00000200. The van der Waals surface area contributed by atoms with E-state index >= 15 is 0 Å². The Morgan fingerprint density at radius 2 is 2.05 bits per heavy atom. The van der Waals surface area contributed by atoms with Crippen LogP contribution in [-0.2, 0) is 6.54 Å². The molecule has 0 atom stereocenters. The fraction of sp³-hybridized carbons (Fsp3) is 0.500. The lowest BCUT2D eigenvalue weighted by Gasteiger charge is -2.11. The molecule has 1 aromatic rings.